The molecule has 0 fully saturated rings. The topological polar surface area (TPSA) is 96.2 Å². The highest BCUT2D eigenvalue weighted by Crippen LogP contribution is 2.31. The number of hydrogen-bond acceptors (Lipinski definition) is 3. The number of aromatic nitrogens is 2. The first-order valence-corrected chi connectivity index (χ1v) is 6.69. The molecule has 1 heterocycles. The lowest BCUT2D eigenvalue weighted by molar-refractivity contribution is 0.700. The quantitative estimate of drug-likeness (QED) is 0.904. The molecule has 0 saturated heterocycles. The highest BCUT2D eigenvalue weighted by molar-refractivity contribution is 9.10. The average molecular weight is 331 g/mol. The van der Waals surface area contributed by atoms with Gasteiger partial charge in [0.05, 0.1) is 12.1 Å². The van der Waals surface area contributed by atoms with Crippen LogP contribution in [0.4, 0.5) is 0 Å². The number of hydrogen-bond donors (Lipinski definition) is 2. The molecule has 2 rings (SSSR count). The van der Waals surface area contributed by atoms with Crippen molar-refractivity contribution in [3.63, 3.8) is 0 Å². The Bertz CT molecular complexity index is 731. The van der Waals surface area contributed by atoms with Gasteiger partial charge >= 0.3 is 0 Å². The minimum Gasteiger partial charge on any atom is -0.302 e. The second kappa shape index (κ2) is 5.77. The first-order valence-electron chi connectivity index (χ1n) is 5.90. The Morgan fingerprint density at radius 3 is 2.20 bits per heavy atom. The van der Waals surface area contributed by atoms with Crippen molar-refractivity contribution in [1.82, 2.24) is 10.2 Å². The number of H-pyrrole nitrogens is 2. The second-order valence-corrected chi connectivity index (χ2v) is 5.30. The first-order chi connectivity index (χ1) is 9.58. The Balaban J connectivity index is 2.63. The number of halogens is 1. The van der Waals surface area contributed by atoms with Crippen LogP contribution in [0.1, 0.15) is 22.7 Å². The van der Waals surface area contributed by atoms with E-state index in [2.05, 4.69) is 26.1 Å². The lowest BCUT2D eigenvalue weighted by atomic mass is 9.82. The Kier molecular flexibility index (Phi) is 4.07. The number of aromatic amines is 2. The van der Waals surface area contributed by atoms with Gasteiger partial charge in [0.25, 0.3) is 5.56 Å². The molecule has 0 aliphatic carbocycles. The van der Waals surface area contributed by atoms with E-state index in [1.165, 1.54) is 0 Å². The fraction of sp³-hybridized carbons (Fsp3) is 0.214. The maximum Gasteiger partial charge on any atom is 0.268 e. The molecule has 1 aromatic carbocycles. The van der Waals surface area contributed by atoms with E-state index < -0.39 is 11.8 Å². The molecule has 2 N–H and O–H groups in total. The summed E-state index contributed by atoms with van der Waals surface area (Å²) in [6.07, 6.45) is 0. The lowest BCUT2D eigenvalue weighted by Gasteiger charge is -2.17. The monoisotopic (exact) mass is 330 g/mol. The number of rotatable bonds is 3. The Labute approximate surface area is 124 Å². The largest absolute Gasteiger partial charge is 0.302 e. The van der Waals surface area contributed by atoms with Crippen LogP contribution in [0.3, 0.4) is 0 Å². The SMILES string of the molecule is Cc1[nH][nH]c(=O)c1[C@@H](c1ccc(Br)cc1)C(C#N)C#N. The fourth-order valence-electron chi connectivity index (χ4n) is 2.20. The molecule has 0 unspecified atom stereocenters. The summed E-state index contributed by atoms with van der Waals surface area (Å²) in [6, 6.07) is 11.2. The molecular weight excluding hydrogens is 320 g/mol. The van der Waals surface area contributed by atoms with E-state index in [0.29, 0.717) is 11.3 Å². The number of nitrogens with one attached hydrogen (secondary N) is 2. The molecule has 6 heteroatoms. The molecule has 0 spiro atoms. The number of benzene rings is 1. The van der Waals surface area contributed by atoms with Crippen molar-refractivity contribution < 1.29 is 0 Å². The van der Waals surface area contributed by atoms with Crippen LogP contribution in [0.15, 0.2) is 33.5 Å². The average Bonchev–Trinajstić information content (AvgIpc) is 2.77. The molecular formula is C14H11BrN4O. The first kappa shape index (κ1) is 14.1. The molecule has 5 nitrogen and oxygen atoms in total. The number of aryl methyl sites for hydroxylation is 1. The van der Waals surface area contributed by atoms with E-state index in [-0.39, 0.29) is 5.56 Å². The third-order valence-electron chi connectivity index (χ3n) is 3.16. The van der Waals surface area contributed by atoms with Crippen LogP contribution in [0, 0.1) is 35.5 Å². The van der Waals surface area contributed by atoms with Crippen LogP contribution in [0.5, 0.6) is 0 Å². The number of nitriles is 2. The molecule has 0 bridgehead atoms. The van der Waals surface area contributed by atoms with Gasteiger partial charge in [-0.2, -0.15) is 10.5 Å². The third-order valence-corrected chi connectivity index (χ3v) is 3.69. The van der Waals surface area contributed by atoms with Crippen LogP contribution >= 0.6 is 15.9 Å². The Morgan fingerprint density at radius 1 is 1.15 bits per heavy atom. The van der Waals surface area contributed by atoms with E-state index in [0.717, 1.165) is 10.0 Å². The van der Waals surface area contributed by atoms with Crippen molar-refractivity contribution in [2.45, 2.75) is 12.8 Å². The number of nitrogens with zero attached hydrogens (tertiary/aromatic N) is 2. The predicted molar refractivity (Wildman–Crippen MR) is 76.9 cm³/mol. The smallest absolute Gasteiger partial charge is 0.268 e. The van der Waals surface area contributed by atoms with Gasteiger partial charge in [-0.3, -0.25) is 9.89 Å². The molecule has 0 aliphatic rings. The van der Waals surface area contributed by atoms with Gasteiger partial charge in [0, 0.05) is 21.6 Å². The van der Waals surface area contributed by atoms with Gasteiger partial charge in [-0.05, 0) is 24.6 Å². The highest BCUT2D eigenvalue weighted by Gasteiger charge is 2.29. The normalized spacial score (nSPS) is 11.8. The highest BCUT2D eigenvalue weighted by atomic mass is 79.9. The molecule has 0 amide bonds. The predicted octanol–water partition coefficient (Wildman–Crippen LogP) is 2.57. The molecule has 1 atom stereocenters. The summed E-state index contributed by atoms with van der Waals surface area (Å²) < 4.78 is 0.894. The molecule has 0 saturated carbocycles. The maximum absolute atomic E-state index is 11.9. The zero-order chi connectivity index (χ0) is 14.7. The van der Waals surface area contributed by atoms with E-state index in [4.69, 9.17) is 0 Å². The van der Waals surface area contributed by atoms with Crippen LogP contribution in [-0.4, -0.2) is 10.2 Å². The minimum atomic E-state index is -0.924. The standard InChI is InChI=1S/C14H11BrN4O/c1-8-12(14(20)19-18-8)13(10(6-16)7-17)9-2-4-11(15)5-3-9/h2-5,10,13H,1H3,(H2,18,19,20)/t13-/m0/s1. The van der Waals surface area contributed by atoms with Gasteiger partial charge in [0.1, 0.15) is 5.92 Å². The molecule has 0 radical (unpaired) electrons. The molecule has 2 aromatic rings. The van der Waals surface area contributed by atoms with Crippen molar-refractivity contribution in [2.24, 2.45) is 5.92 Å². The van der Waals surface area contributed by atoms with Gasteiger partial charge < -0.3 is 5.10 Å². The summed E-state index contributed by atoms with van der Waals surface area (Å²) in [4.78, 5) is 11.9. The van der Waals surface area contributed by atoms with E-state index in [1.54, 1.807) is 6.92 Å². The molecule has 100 valence electrons. The van der Waals surface area contributed by atoms with Crippen LogP contribution in [-0.2, 0) is 0 Å². The summed E-state index contributed by atoms with van der Waals surface area (Å²) in [5.41, 5.74) is 1.53. The second-order valence-electron chi connectivity index (χ2n) is 4.38. The summed E-state index contributed by atoms with van der Waals surface area (Å²) in [6.45, 7) is 1.74. The minimum absolute atomic E-state index is 0.300. The van der Waals surface area contributed by atoms with Crippen molar-refractivity contribution in [3.05, 3.63) is 55.9 Å². The zero-order valence-corrected chi connectivity index (χ0v) is 12.2. The Morgan fingerprint density at radius 2 is 1.75 bits per heavy atom. The van der Waals surface area contributed by atoms with E-state index >= 15 is 0 Å². The van der Waals surface area contributed by atoms with E-state index in [9.17, 15) is 15.3 Å². The van der Waals surface area contributed by atoms with Crippen molar-refractivity contribution in [1.29, 1.82) is 10.5 Å². The maximum atomic E-state index is 11.9. The summed E-state index contributed by atoms with van der Waals surface area (Å²) in [5, 5.41) is 23.6. The zero-order valence-electron chi connectivity index (χ0n) is 10.6. The Hall–Kier alpha value is -2.31. The van der Waals surface area contributed by atoms with Gasteiger partial charge in [-0.25, -0.2) is 0 Å². The molecule has 0 aliphatic heterocycles. The van der Waals surface area contributed by atoms with Crippen LogP contribution < -0.4 is 5.56 Å². The van der Waals surface area contributed by atoms with Crippen LogP contribution in [0.2, 0.25) is 0 Å². The third kappa shape index (κ3) is 2.52. The van der Waals surface area contributed by atoms with Gasteiger partial charge in [0.15, 0.2) is 0 Å². The van der Waals surface area contributed by atoms with E-state index in [1.807, 2.05) is 36.4 Å². The van der Waals surface area contributed by atoms with Gasteiger partial charge in [-0.15, -0.1) is 0 Å². The van der Waals surface area contributed by atoms with Crippen molar-refractivity contribution >= 4 is 15.9 Å². The lowest BCUT2D eigenvalue weighted by Crippen LogP contribution is -2.19. The molecule has 1 aromatic heterocycles. The van der Waals surface area contributed by atoms with Gasteiger partial charge in [0.2, 0.25) is 0 Å². The van der Waals surface area contributed by atoms with Crippen molar-refractivity contribution in [3.8, 4) is 12.1 Å². The summed E-state index contributed by atoms with van der Waals surface area (Å²) in [5.74, 6) is -1.50. The summed E-state index contributed by atoms with van der Waals surface area (Å²) in [7, 11) is 0. The van der Waals surface area contributed by atoms with Crippen LogP contribution in [0.25, 0.3) is 0 Å². The van der Waals surface area contributed by atoms with Crippen molar-refractivity contribution in [2.75, 3.05) is 0 Å². The van der Waals surface area contributed by atoms with Gasteiger partial charge in [-0.1, -0.05) is 28.1 Å². The fourth-order valence-corrected chi connectivity index (χ4v) is 2.47. The molecule has 20 heavy (non-hydrogen) atoms. The summed E-state index contributed by atoms with van der Waals surface area (Å²) >= 11 is 3.34.